The lowest BCUT2D eigenvalue weighted by Crippen LogP contribution is -2.18. The van der Waals surface area contributed by atoms with Gasteiger partial charge < -0.3 is 9.88 Å². The number of nitrogens with one attached hydrogen (secondary N) is 1. The molecule has 0 aliphatic heterocycles. The highest BCUT2D eigenvalue weighted by atomic mass is 35.5. The van der Waals surface area contributed by atoms with E-state index in [1.165, 1.54) is 35.6 Å². The first kappa shape index (κ1) is 18.4. The van der Waals surface area contributed by atoms with Crippen LogP contribution in [0.3, 0.4) is 0 Å². The van der Waals surface area contributed by atoms with Gasteiger partial charge >= 0.3 is 0 Å². The fourth-order valence-corrected chi connectivity index (χ4v) is 3.77. The molecule has 0 fully saturated rings. The Hall–Kier alpha value is -2.96. The lowest BCUT2D eigenvalue weighted by molar-refractivity contribution is -0.116. The number of anilines is 1. The summed E-state index contributed by atoms with van der Waals surface area (Å²) in [5.41, 5.74) is 3.26. The molecule has 4 aromatic rings. The minimum absolute atomic E-state index is 0.134. The monoisotopic (exact) mass is 411 g/mol. The zero-order chi connectivity index (χ0) is 19.5. The molecule has 7 heteroatoms. The molecule has 1 N–H and O–H groups in total. The molecule has 0 saturated heterocycles. The molecule has 140 valence electrons. The molecule has 0 radical (unpaired) electrons. The average Bonchev–Trinajstić information content (AvgIpc) is 3.33. The van der Waals surface area contributed by atoms with Crippen LogP contribution in [0.25, 0.3) is 22.0 Å². The van der Waals surface area contributed by atoms with Crippen LogP contribution in [-0.4, -0.2) is 15.5 Å². The van der Waals surface area contributed by atoms with E-state index < -0.39 is 0 Å². The number of thiazole rings is 1. The first-order valence-electron chi connectivity index (χ1n) is 8.51. The van der Waals surface area contributed by atoms with E-state index in [1.54, 1.807) is 0 Å². The summed E-state index contributed by atoms with van der Waals surface area (Å²) >= 11 is 7.46. The third kappa shape index (κ3) is 4.13. The molecular formula is C21H15ClFN3OS. The van der Waals surface area contributed by atoms with Crippen molar-refractivity contribution in [2.75, 3.05) is 5.32 Å². The van der Waals surface area contributed by atoms with Crippen LogP contribution in [0.1, 0.15) is 0 Å². The Morgan fingerprint density at radius 3 is 2.61 bits per heavy atom. The van der Waals surface area contributed by atoms with Crippen LogP contribution in [0.5, 0.6) is 0 Å². The lowest BCUT2D eigenvalue weighted by atomic mass is 10.2. The second-order valence-electron chi connectivity index (χ2n) is 6.12. The maximum atomic E-state index is 13.0. The summed E-state index contributed by atoms with van der Waals surface area (Å²) in [5, 5.41) is 6.25. The second-order valence-corrected chi connectivity index (χ2v) is 7.42. The quantitative estimate of drug-likeness (QED) is 0.457. The molecule has 0 spiro atoms. The van der Waals surface area contributed by atoms with Crippen LogP contribution in [0.2, 0.25) is 5.02 Å². The summed E-state index contributed by atoms with van der Waals surface area (Å²) in [5.74, 6) is -0.538. The van der Waals surface area contributed by atoms with Crippen LogP contribution < -0.4 is 5.32 Å². The highest BCUT2D eigenvalue weighted by Gasteiger charge is 2.13. The number of hydrogen-bond acceptors (Lipinski definition) is 3. The molecule has 4 rings (SSSR count). The summed E-state index contributed by atoms with van der Waals surface area (Å²) in [4.78, 5) is 17.0. The fraction of sp³-hybridized carbons (Fsp3) is 0.0476. The molecule has 0 aliphatic carbocycles. The van der Waals surface area contributed by atoms with Gasteiger partial charge in [0.1, 0.15) is 17.4 Å². The second kappa shape index (κ2) is 7.96. The lowest BCUT2D eigenvalue weighted by Gasteiger charge is -2.08. The Morgan fingerprint density at radius 1 is 1.11 bits per heavy atom. The highest BCUT2D eigenvalue weighted by molar-refractivity contribution is 7.13. The maximum absolute atomic E-state index is 13.0. The summed E-state index contributed by atoms with van der Waals surface area (Å²) in [6, 6.07) is 17.0. The molecule has 1 amide bonds. The van der Waals surface area contributed by atoms with Crippen LogP contribution in [0.15, 0.2) is 72.2 Å². The van der Waals surface area contributed by atoms with Crippen LogP contribution >= 0.6 is 22.9 Å². The minimum Gasteiger partial charge on any atom is -0.336 e. The number of carbonyl (C=O) groups is 1. The molecule has 2 aromatic heterocycles. The fourth-order valence-electron chi connectivity index (χ4n) is 2.78. The van der Waals surface area contributed by atoms with Crippen molar-refractivity contribution in [2.24, 2.45) is 0 Å². The zero-order valence-electron chi connectivity index (χ0n) is 14.6. The first-order valence-corrected chi connectivity index (χ1v) is 9.77. The van der Waals surface area contributed by atoms with Gasteiger partial charge in [-0.05, 0) is 48.5 Å². The Labute approximate surface area is 170 Å². The number of benzene rings is 2. The number of nitrogens with zero attached hydrogens (tertiary/aromatic N) is 2. The van der Waals surface area contributed by atoms with Crippen molar-refractivity contribution in [1.29, 1.82) is 0 Å². The molecule has 4 nitrogen and oxygen atoms in total. The van der Waals surface area contributed by atoms with Crippen molar-refractivity contribution < 1.29 is 9.18 Å². The van der Waals surface area contributed by atoms with E-state index in [2.05, 4.69) is 5.32 Å². The van der Waals surface area contributed by atoms with E-state index in [-0.39, 0.29) is 18.3 Å². The Balaban J connectivity index is 1.50. The van der Waals surface area contributed by atoms with Crippen LogP contribution in [0.4, 0.5) is 10.1 Å². The smallest absolute Gasteiger partial charge is 0.244 e. The summed E-state index contributed by atoms with van der Waals surface area (Å²) in [6.45, 7) is 0.134. The first-order chi connectivity index (χ1) is 13.6. The maximum Gasteiger partial charge on any atom is 0.244 e. The molecule has 0 saturated carbocycles. The number of halogens is 2. The summed E-state index contributed by atoms with van der Waals surface area (Å²) in [6.07, 6.45) is 1.84. The van der Waals surface area contributed by atoms with Gasteiger partial charge in [-0.15, -0.1) is 11.3 Å². The molecular weight excluding hydrogens is 397 g/mol. The van der Waals surface area contributed by atoms with Gasteiger partial charge in [0.25, 0.3) is 0 Å². The molecule has 2 aromatic carbocycles. The predicted molar refractivity (Wildman–Crippen MR) is 111 cm³/mol. The van der Waals surface area contributed by atoms with Gasteiger partial charge in [0.05, 0.1) is 11.4 Å². The van der Waals surface area contributed by atoms with Crippen molar-refractivity contribution >= 4 is 34.5 Å². The summed E-state index contributed by atoms with van der Waals surface area (Å²) < 4.78 is 14.8. The van der Waals surface area contributed by atoms with Crippen molar-refractivity contribution in [2.45, 2.75) is 6.54 Å². The number of aromatic nitrogens is 2. The van der Waals surface area contributed by atoms with Gasteiger partial charge in [-0.25, -0.2) is 9.37 Å². The SMILES string of the molecule is O=C(Cn1cccc1-c1nc(-c2ccc(Cl)cc2)cs1)Nc1ccc(F)cc1. The topological polar surface area (TPSA) is 46.9 Å². The molecule has 28 heavy (non-hydrogen) atoms. The van der Waals surface area contributed by atoms with E-state index >= 15 is 0 Å². The van der Waals surface area contributed by atoms with E-state index in [4.69, 9.17) is 16.6 Å². The van der Waals surface area contributed by atoms with Gasteiger partial charge in [-0.1, -0.05) is 23.7 Å². The zero-order valence-corrected chi connectivity index (χ0v) is 16.2. The number of rotatable bonds is 5. The normalized spacial score (nSPS) is 10.8. The van der Waals surface area contributed by atoms with Crippen molar-refractivity contribution in [3.05, 3.63) is 83.1 Å². The van der Waals surface area contributed by atoms with E-state index in [1.807, 2.05) is 52.5 Å². The van der Waals surface area contributed by atoms with E-state index in [9.17, 15) is 9.18 Å². The Bertz CT molecular complexity index is 1100. The Kier molecular flexibility index (Phi) is 5.23. The third-order valence-corrected chi connectivity index (χ3v) is 5.25. The minimum atomic E-state index is -0.342. The average molecular weight is 412 g/mol. The largest absolute Gasteiger partial charge is 0.336 e. The molecule has 0 atom stereocenters. The molecule has 2 heterocycles. The molecule has 0 unspecified atom stereocenters. The third-order valence-electron chi connectivity index (χ3n) is 4.13. The van der Waals surface area contributed by atoms with Crippen molar-refractivity contribution in [3.63, 3.8) is 0 Å². The van der Waals surface area contributed by atoms with Crippen molar-refractivity contribution in [3.8, 4) is 22.0 Å². The van der Waals surface area contributed by atoms with Gasteiger partial charge in [0.15, 0.2) is 0 Å². The van der Waals surface area contributed by atoms with Gasteiger partial charge in [0, 0.05) is 27.9 Å². The van der Waals surface area contributed by atoms with Crippen LogP contribution in [0, 0.1) is 5.82 Å². The van der Waals surface area contributed by atoms with Gasteiger partial charge in [-0.3, -0.25) is 4.79 Å². The standard InChI is InChI=1S/C21H15ClFN3OS/c22-15-5-3-14(4-6-15)18-13-28-21(25-18)19-2-1-11-26(19)12-20(27)24-17-9-7-16(23)8-10-17/h1-11,13H,12H2,(H,24,27). The van der Waals surface area contributed by atoms with Crippen molar-refractivity contribution in [1.82, 2.24) is 9.55 Å². The predicted octanol–water partition coefficient (Wildman–Crippen LogP) is 5.71. The molecule has 0 aliphatic rings. The van der Waals surface area contributed by atoms with Crippen LogP contribution in [-0.2, 0) is 11.3 Å². The number of amides is 1. The number of hydrogen-bond donors (Lipinski definition) is 1. The van der Waals surface area contributed by atoms with E-state index in [0.29, 0.717) is 10.7 Å². The highest BCUT2D eigenvalue weighted by Crippen LogP contribution is 2.29. The Morgan fingerprint density at radius 2 is 1.86 bits per heavy atom. The number of carbonyl (C=O) groups excluding carboxylic acids is 1. The molecule has 0 bridgehead atoms. The van der Waals surface area contributed by atoms with Gasteiger partial charge in [-0.2, -0.15) is 0 Å². The van der Waals surface area contributed by atoms with Gasteiger partial charge in [0.2, 0.25) is 5.91 Å². The van der Waals surface area contributed by atoms with E-state index in [0.717, 1.165) is 22.0 Å². The summed E-state index contributed by atoms with van der Waals surface area (Å²) in [7, 11) is 0.